The molecule has 2 atom stereocenters. The molecule has 0 bridgehead atoms. The van der Waals surface area contributed by atoms with Crippen LogP contribution in [0.4, 0.5) is 0 Å². The van der Waals surface area contributed by atoms with Crippen LogP contribution in [0.15, 0.2) is 21.7 Å². The van der Waals surface area contributed by atoms with E-state index in [0.717, 1.165) is 0 Å². The summed E-state index contributed by atoms with van der Waals surface area (Å²) in [7, 11) is -7.14. The van der Waals surface area contributed by atoms with Crippen molar-refractivity contribution in [3.8, 4) is 0 Å². The average Bonchev–Trinajstić information content (AvgIpc) is 3.09. The first kappa shape index (κ1) is 19.2. The first-order valence-corrected chi connectivity index (χ1v) is 11.9. The van der Waals surface area contributed by atoms with Gasteiger partial charge >= 0.3 is 0 Å². The topological polar surface area (TPSA) is 87.2 Å². The van der Waals surface area contributed by atoms with Crippen LogP contribution in [0, 0.1) is 0 Å². The molecule has 8 nitrogen and oxygen atoms in total. The Hall–Kier alpha value is -0.560. The fraction of sp³-hybridized carbons (Fsp3) is 0.714. The zero-order valence-corrected chi connectivity index (χ0v) is 16.7. The Morgan fingerprint density at radius 2 is 1.52 bits per heavy atom. The normalized spacial score (nSPS) is 28.2. The fourth-order valence-corrected chi connectivity index (χ4v) is 7.48. The first-order valence-electron chi connectivity index (χ1n) is 8.15. The molecule has 3 rings (SSSR count). The molecule has 2 aliphatic heterocycles. The third-order valence-electron chi connectivity index (χ3n) is 4.33. The van der Waals surface area contributed by atoms with E-state index in [0.29, 0.717) is 17.3 Å². The van der Waals surface area contributed by atoms with E-state index < -0.39 is 20.2 Å². The van der Waals surface area contributed by atoms with Gasteiger partial charge in [0, 0.05) is 39.3 Å². The molecule has 142 valence electrons. The van der Waals surface area contributed by atoms with Crippen LogP contribution in [0.3, 0.4) is 0 Å². The van der Waals surface area contributed by atoms with E-state index in [1.165, 1.54) is 24.3 Å². The highest BCUT2D eigenvalue weighted by Crippen LogP contribution is 2.24. The van der Waals surface area contributed by atoms with Crippen LogP contribution >= 0.6 is 11.3 Å². The molecule has 0 N–H and O–H groups in total. The number of nitrogens with zero attached hydrogens (tertiary/aromatic N) is 3. The molecule has 11 heteroatoms. The molecule has 0 saturated carbocycles. The van der Waals surface area contributed by atoms with Gasteiger partial charge in [0.05, 0.1) is 12.2 Å². The summed E-state index contributed by atoms with van der Waals surface area (Å²) >= 11 is 1.17. The zero-order valence-electron chi connectivity index (χ0n) is 14.2. The van der Waals surface area contributed by atoms with Crippen molar-refractivity contribution < 1.29 is 21.6 Å². The Kier molecular flexibility index (Phi) is 5.55. The molecule has 1 aromatic rings. The molecule has 0 radical (unpaired) electrons. The summed E-state index contributed by atoms with van der Waals surface area (Å²) in [5.41, 5.74) is 0. The predicted molar refractivity (Wildman–Crippen MR) is 95.2 cm³/mol. The van der Waals surface area contributed by atoms with Crippen molar-refractivity contribution in [1.29, 1.82) is 0 Å². The first-order chi connectivity index (χ1) is 11.7. The maximum atomic E-state index is 12.8. The van der Waals surface area contributed by atoms with Crippen LogP contribution < -0.4 is 0 Å². The Labute approximate surface area is 153 Å². The number of hydrogen-bond acceptors (Lipinski definition) is 6. The van der Waals surface area contributed by atoms with Crippen LogP contribution in [-0.2, 0) is 25.0 Å². The van der Waals surface area contributed by atoms with Crippen molar-refractivity contribution in [1.82, 2.24) is 12.9 Å². The van der Waals surface area contributed by atoms with Gasteiger partial charge in [-0.3, -0.25) is 0 Å². The second-order valence-electron chi connectivity index (χ2n) is 6.32. The minimum Gasteiger partial charge on any atom is -0.373 e. The molecule has 2 saturated heterocycles. The summed E-state index contributed by atoms with van der Waals surface area (Å²) < 4.78 is 60.8. The number of morpholine rings is 1. The van der Waals surface area contributed by atoms with Crippen molar-refractivity contribution in [3.63, 3.8) is 0 Å². The Bertz CT molecular complexity index is 776. The standard InChI is InChI=1S/C14H23N3O5S3/c1-12-10-17(11-13(2)22-12)25(20,21)16-7-5-15(6-8-16)24(18,19)14-4-3-9-23-14/h3-4,9,12-13H,5-8,10-11H2,1-2H3/t12-,13-/m0/s1. The van der Waals surface area contributed by atoms with Gasteiger partial charge in [-0.2, -0.15) is 21.3 Å². The van der Waals surface area contributed by atoms with Crippen molar-refractivity contribution in [2.24, 2.45) is 0 Å². The van der Waals surface area contributed by atoms with Crippen molar-refractivity contribution >= 4 is 31.6 Å². The van der Waals surface area contributed by atoms with Crippen LogP contribution in [0.2, 0.25) is 0 Å². The largest absolute Gasteiger partial charge is 0.373 e. The van der Waals surface area contributed by atoms with Crippen molar-refractivity contribution in [2.75, 3.05) is 39.3 Å². The number of ether oxygens (including phenoxy) is 1. The van der Waals surface area contributed by atoms with Crippen molar-refractivity contribution in [3.05, 3.63) is 17.5 Å². The van der Waals surface area contributed by atoms with E-state index in [1.807, 2.05) is 13.8 Å². The number of thiophene rings is 1. The van der Waals surface area contributed by atoms with Gasteiger partial charge in [0.2, 0.25) is 0 Å². The van der Waals surface area contributed by atoms with Crippen LogP contribution in [0.25, 0.3) is 0 Å². The monoisotopic (exact) mass is 409 g/mol. The Morgan fingerprint density at radius 3 is 2.04 bits per heavy atom. The third kappa shape index (κ3) is 3.92. The SMILES string of the molecule is C[C@H]1CN(S(=O)(=O)N2CCN(S(=O)(=O)c3cccs3)CC2)C[C@H](C)O1. The molecule has 0 amide bonds. The maximum Gasteiger partial charge on any atom is 0.282 e. The van der Waals surface area contributed by atoms with Gasteiger partial charge in [-0.15, -0.1) is 11.3 Å². The molecule has 0 aliphatic carbocycles. The third-order valence-corrected chi connectivity index (χ3v) is 9.57. The highest BCUT2D eigenvalue weighted by molar-refractivity contribution is 7.91. The smallest absolute Gasteiger partial charge is 0.282 e. The van der Waals surface area contributed by atoms with E-state index in [2.05, 4.69) is 0 Å². The lowest BCUT2D eigenvalue weighted by atomic mass is 10.3. The minimum absolute atomic E-state index is 0.154. The lowest BCUT2D eigenvalue weighted by Crippen LogP contribution is -2.57. The second-order valence-corrected chi connectivity index (χ2v) is 11.4. The second kappa shape index (κ2) is 7.22. The fourth-order valence-electron chi connectivity index (χ4n) is 3.16. The Balaban J connectivity index is 1.67. The highest BCUT2D eigenvalue weighted by atomic mass is 32.2. The van der Waals surface area contributed by atoms with Crippen LogP contribution in [0.1, 0.15) is 13.8 Å². The molecule has 0 spiro atoms. The molecule has 0 aromatic carbocycles. The summed E-state index contributed by atoms with van der Waals surface area (Å²) in [6, 6.07) is 3.26. The summed E-state index contributed by atoms with van der Waals surface area (Å²) in [5, 5.41) is 1.72. The van der Waals surface area contributed by atoms with Gasteiger partial charge in [0.25, 0.3) is 20.2 Å². The molecule has 2 fully saturated rings. The van der Waals surface area contributed by atoms with E-state index >= 15 is 0 Å². The lowest BCUT2D eigenvalue weighted by molar-refractivity contribution is -0.0456. The predicted octanol–water partition coefficient (Wildman–Crippen LogP) is 0.408. The van der Waals surface area contributed by atoms with Gasteiger partial charge < -0.3 is 4.74 Å². The van der Waals surface area contributed by atoms with Crippen molar-refractivity contribution in [2.45, 2.75) is 30.3 Å². The number of rotatable bonds is 4. The van der Waals surface area contributed by atoms with E-state index in [4.69, 9.17) is 4.74 Å². The van der Waals surface area contributed by atoms with Gasteiger partial charge in [0.15, 0.2) is 0 Å². The quantitative estimate of drug-likeness (QED) is 0.719. The molecular weight excluding hydrogens is 386 g/mol. The lowest BCUT2D eigenvalue weighted by Gasteiger charge is -2.39. The molecule has 2 aliphatic rings. The van der Waals surface area contributed by atoms with Gasteiger partial charge in [-0.05, 0) is 25.3 Å². The number of sulfonamides is 1. The summed E-state index contributed by atoms with van der Waals surface area (Å²) in [6.45, 7) is 4.98. The molecule has 25 heavy (non-hydrogen) atoms. The van der Waals surface area contributed by atoms with Crippen LogP contribution in [0.5, 0.6) is 0 Å². The van der Waals surface area contributed by atoms with Gasteiger partial charge in [0.1, 0.15) is 4.21 Å². The summed E-state index contributed by atoms with van der Waals surface area (Å²) in [6.07, 6.45) is -0.307. The molecular formula is C14H23N3O5S3. The zero-order chi connectivity index (χ0) is 18.2. The van der Waals surface area contributed by atoms with Crippen LogP contribution in [-0.4, -0.2) is 81.2 Å². The molecule has 0 unspecified atom stereocenters. The highest BCUT2D eigenvalue weighted by Gasteiger charge is 2.38. The minimum atomic E-state index is -3.61. The Morgan fingerprint density at radius 1 is 0.960 bits per heavy atom. The molecule has 3 heterocycles. The van der Waals surface area contributed by atoms with Gasteiger partial charge in [-0.1, -0.05) is 6.07 Å². The molecule has 1 aromatic heterocycles. The van der Waals surface area contributed by atoms with E-state index in [-0.39, 0.29) is 38.4 Å². The number of hydrogen-bond donors (Lipinski definition) is 0. The summed E-state index contributed by atoms with van der Waals surface area (Å²) in [4.78, 5) is 0. The van der Waals surface area contributed by atoms with Gasteiger partial charge in [-0.25, -0.2) is 8.42 Å². The van der Waals surface area contributed by atoms with E-state index in [9.17, 15) is 16.8 Å². The average molecular weight is 410 g/mol. The van der Waals surface area contributed by atoms with E-state index in [1.54, 1.807) is 17.5 Å². The number of piperazine rings is 1. The maximum absolute atomic E-state index is 12.8. The summed E-state index contributed by atoms with van der Waals surface area (Å²) in [5.74, 6) is 0.